The van der Waals surface area contributed by atoms with Gasteiger partial charge in [-0.05, 0) is 51.1 Å². The van der Waals surface area contributed by atoms with Crippen LogP contribution in [0.5, 0.6) is 0 Å². The number of carbonyl (C=O) groups excluding carboxylic acids is 2. The van der Waals surface area contributed by atoms with E-state index in [1.807, 2.05) is 25.1 Å². The van der Waals surface area contributed by atoms with E-state index in [0.29, 0.717) is 22.5 Å². The van der Waals surface area contributed by atoms with E-state index < -0.39 is 11.8 Å². The van der Waals surface area contributed by atoms with Crippen molar-refractivity contribution in [2.24, 2.45) is 0 Å². The Balaban J connectivity index is 1.45. The van der Waals surface area contributed by atoms with Gasteiger partial charge >= 0.3 is 5.91 Å². The van der Waals surface area contributed by atoms with Gasteiger partial charge in [-0.3, -0.25) is 20.4 Å². The number of fused-ring (bicyclic) bond motifs is 1. The van der Waals surface area contributed by atoms with Crippen LogP contribution >= 0.6 is 0 Å². The van der Waals surface area contributed by atoms with Crippen LogP contribution in [0.4, 0.5) is 4.39 Å². The van der Waals surface area contributed by atoms with Gasteiger partial charge in [-0.1, -0.05) is 18.2 Å². The number of carbonyl (C=O) groups is 2. The molecular weight excluding hydrogens is 399 g/mol. The van der Waals surface area contributed by atoms with Crippen molar-refractivity contribution in [3.63, 3.8) is 0 Å². The third-order valence-corrected chi connectivity index (χ3v) is 5.22. The third-order valence-electron chi connectivity index (χ3n) is 5.22. The van der Waals surface area contributed by atoms with Crippen molar-refractivity contribution in [3.05, 3.63) is 82.6 Å². The molecule has 0 atom stereocenters. The van der Waals surface area contributed by atoms with Crippen molar-refractivity contribution >= 4 is 22.8 Å². The number of aryl methyl sites for hydroxylation is 2. The number of hydrogen-bond acceptors (Lipinski definition) is 4. The van der Waals surface area contributed by atoms with Crippen LogP contribution in [0.1, 0.15) is 33.1 Å². The normalized spacial score (nSPS) is 11.0. The molecule has 7 nitrogen and oxygen atoms in total. The molecule has 0 aliphatic heterocycles. The minimum absolute atomic E-state index is 0.0260. The van der Waals surface area contributed by atoms with Crippen molar-refractivity contribution in [1.29, 1.82) is 0 Å². The maximum Gasteiger partial charge on any atom is 0.305 e. The fourth-order valence-electron chi connectivity index (χ4n) is 3.54. The highest BCUT2D eigenvalue weighted by Gasteiger charge is 2.19. The molecular formula is C23H21FN4O3. The first kappa shape index (κ1) is 20.3. The van der Waals surface area contributed by atoms with Gasteiger partial charge in [-0.15, -0.1) is 0 Å². The molecule has 158 valence electrons. The molecule has 0 spiro atoms. The van der Waals surface area contributed by atoms with Gasteiger partial charge in [-0.25, -0.2) is 9.07 Å². The summed E-state index contributed by atoms with van der Waals surface area (Å²) >= 11 is 0. The minimum Gasteiger partial charge on any atom is -0.451 e. The summed E-state index contributed by atoms with van der Waals surface area (Å²) in [4.78, 5) is 24.9. The van der Waals surface area contributed by atoms with Crippen molar-refractivity contribution in [2.45, 2.75) is 27.2 Å². The van der Waals surface area contributed by atoms with Gasteiger partial charge in [-0.2, -0.15) is 5.10 Å². The smallest absolute Gasteiger partial charge is 0.305 e. The predicted molar refractivity (Wildman–Crippen MR) is 113 cm³/mol. The summed E-state index contributed by atoms with van der Waals surface area (Å²) in [6.45, 7) is 5.42. The van der Waals surface area contributed by atoms with Crippen LogP contribution in [0.15, 0.2) is 52.9 Å². The summed E-state index contributed by atoms with van der Waals surface area (Å²) in [7, 11) is 0. The second-order valence-electron chi connectivity index (χ2n) is 7.27. The van der Waals surface area contributed by atoms with Gasteiger partial charge in [0.2, 0.25) is 5.91 Å². The first-order valence-electron chi connectivity index (χ1n) is 9.73. The van der Waals surface area contributed by atoms with E-state index >= 15 is 0 Å². The second kappa shape index (κ2) is 8.06. The van der Waals surface area contributed by atoms with Gasteiger partial charge in [0.1, 0.15) is 11.4 Å². The van der Waals surface area contributed by atoms with Crippen LogP contribution in [0.25, 0.3) is 16.7 Å². The van der Waals surface area contributed by atoms with Crippen molar-refractivity contribution in [1.82, 2.24) is 20.6 Å². The molecule has 4 rings (SSSR count). The number of nitrogens with zero attached hydrogens (tertiary/aromatic N) is 2. The zero-order chi connectivity index (χ0) is 22.1. The highest BCUT2D eigenvalue weighted by atomic mass is 19.1. The van der Waals surface area contributed by atoms with Crippen LogP contribution in [-0.2, 0) is 11.2 Å². The van der Waals surface area contributed by atoms with Gasteiger partial charge in [0.25, 0.3) is 0 Å². The molecule has 2 aromatic heterocycles. The molecule has 4 aromatic rings. The first-order chi connectivity index (χ1) is 14.8. The number of nitrogens with one attached hydrogen (secondary N) is 2. The summed E-state index contributed by atoms with van der Waals surface area (Å²) in [6.07, 6.45) is 0.0260. The highest BCUT2D eigenvalue weighted by molar-refractivity contribution is 5.99. The quantitative estimate of drug-likeness (QED) is 0.493. The van der Waals surface area contributed by atoms with E-state index in [1.165, 1.54) is 12.1 Å². The molecule has 0 saturated carbocycles. The highest BCUT2D eigenvalue weighted by Crippen LogP contribution is 2.24. The number of hydrazine groups is 1. The third kappa shape index (κ3) is 3.92. The molecule has 31 heavy (non-hydrogen) atoms. The summed E-state index contributed by atoms with van der Waals surface area (Å²) < 4.78 is 20.5. The lowest BCUT2D eigenvalue weighted by atomic mass is 10.1. The Morgan fingerprint density at radius 1 is 1.03 bits per heavy atom. The van der Waals surface area contributed by atoms with Crippen LogP contribution < -0.4 is 10.9 Å². The van der Waals surface area contributed by atoms with Crippen LogP contribution in [-0.4, -0.2) is 21.6 Å². The monoisotopic (exact) mass is 420 g/mol. The number of hydrogen-bond donors (Lipinski definition) is 2. The van der Waals surface area contributed by atoms with E-state index in [-0.39, 0.29) is 18.0 Å². The van der Waals surface area contributed by atoms with E-state index in [2.05, 4.69) is 16.0 Å². The number of furan rings is 1. The molecule has 8 heteroatoms. The summed E-state index contributed by atoms with van der Waals surface area (Å²) in [5, 5.41) is 5.30. The molecule has 2 amide bonds. The Bertz CT molecular complexity index is 1290. The lowest BCUT2D eigenvalue weighted by Crippen LogP contribution is -2.42. The Morgan fingerprint density at radius 3 is 2.45 bits per heavy atom. The van der Waals surface area contributed by atoms with Crippen LogP contribution in [0.3, 0.4) is 0 Å². The predicted octanol–water partition coefficient (Wildman–Crippen LogP) is 3.69. The van der Waals surface area contributed by atoms with E-state index in [0.717, 1.165) is 16.6 Å². The van der Waals surface area contributed by atoms with Crippen LogP contribution in [0, 0.1) is 26.6 Å². The van der Waals surface area contributed by atoms with Crippen LogP contribution in [0.2, 0.25) is 0 Å². The fraction of sp³-hybridized carbons (Fsp3) is 0.174. The number of halogens is 1. The van der Waals surface area contributed by atoms with Crippen molar-refractivity contribution in [2.75, 3.05) is 0 Å². The molecule has 0 aliphatic carbocycles. The molecule has 0 fully saturated rings. The maximum atomic E-state index is 13.2. The molecule has 2 N–H and O–H groups in total. The molecule has 2 aromatic carbocycles. The number of amides is 2. The lowest BCUT2D eigenvalue weighted by Gasteiger charge is -2.08. The van der Waals surface area contributed by atoms with Gasteiger partial charge in [0.05, 0.1) is 17.8 Å². The first-order valence-corrected chi connectivity index (χ1v) is 9.73. The SMILES string of the molecule is Cc1nn(-c2ccc(F)cc2)c(C)c1CC(=O)NNC(=O)c1oc2ccccc2c1C. The number of rotatable bonds is 4. The van der Waals surface area contributed by atoms with Crippen molar-refractivity contribution < 1.29 is 18.4 Å². The standard InChI is InChI=1S/C23H21FN4O3/c1-13-18-6-4-5-7-20(18)31-22(13)23(30)26-25-21(29)12-19-14(2)27-28(15(19)3)17-10-8-16(24)9-11-17/h4-11H,12H2,1-3H3,(H,25,29)(H,26,30). The minimum atomic E-state index is -0.530. The summed E-state index contributed by atoms with van der Waals surface area (Å²) in [5.41, 5.74) is 9.01. The topological polar surface area (TPSA) is 89.2 Å². The Hall–Kier alpha value is -3.94. The molecule has 0 bridgehead atoms. The fourth-order valence-corrected chi connectivity index (χ4v) is 3.54. The Morgan fingerprint density at radius 2 is 1.74 bits per heavy atom. The largest absolute Gasteiger partial charge is 0.451 e. The van der Waals surface area contributed by atoms with Crippen molar-refractivity contribution in [3.8, 4) is 5.69 Å². The Kier molecular flexibility index (Phi) is 5.29. The lowest BCUT2D eigenvalue weighted by molar-refractivity contribution is -0.121. The molecule has 0 unspecified atom stereocenters. The Labute approximate surface area is 177 Å². The number of benzene rings is 2. The van der Waals surface area contributed by atoms with Gasteiger partial charge < -0.3 is 4.42 Å². The molecule has 0 saturated heterocycles. The zero-order valence-electron chi connectivity index (χ0n) is 17.3. The van der Waals surface area contributed by atoms with Gasteiger partial charge in [0, 0.05) is 22.2 Å². The molecule has 0 radical (unpaired) electrons. The summed E-state index contributed by atoms with van der Waals surface area (Å²) in [6, 6.07) is 13.3. The van der Waals surface area contributed by atoms with E-state index in [4.69, 9.17) is 4.42 Å². The average Bonchev–Trinajstić information content (AvgIpc) is 3.24. The zero-order valence-corrected chi connectivity index (χ0v) is 17.3. The number of aromatic nitrogens is 2. The number of para-hydroxylation sites is 1. The maximum absolute atomic E-state index is 13.2. The summed E-state index contributed by atoms with van der Waals surface area (Å²) in [5.74, 6) is -1.11. The molecule has 2 heterocycles. The molecule has 0 aliphatic rings. The average molecular weight is 420 g/mol. The van der Waals surface area contributed by atoms with E-state index in [1.54, 1.807) is 36.7 Å². The van der Waals surface area contributed by atoms with E-state index in [9.17, 15) is 14.0 Å². The second-order valence-corrected chi connectivity index (χ2v) is 7.27. The van der Waals surface area contributed by atoms with Gasteiger partial charge in [0.15, 0.2) is 5.76 Å².